The first-order valence-corrected chi connectivity index (χ1v) is 26.1. The largest absolute Gasteiger partial charge is 0.497 e. The smallest absolute Gasteiger partial charge is 0.407 e. The van der Waals surface area contributed by atoms with E-state index in [-0.39, 0.29) is 56.6 Å². The average Bonchev–Trinajstić information content (AvgIpc) is 3.85. The van der Waals surface area contributed by atoms with E-state index >= 15 is 16.8 Å². The summed E-state index contributed by atoms with van der Waals surface area (Å²) in [5.41, 5.74) is 2.96. The van der Waals surface area contributed by atoms with Crippen LogP contribution in [0, 0.1) is 5.92 Å². The first kappa shape index (κ1) is 52.6. The molecule has 2 heterocycles. The Balaban J connectivity index is 1.35. The molecule has 0 saturated carbocycles. The molecule has 20 nitrogen and oxygen atoms in total. The summed E-state index contributed by atoms with van der Waals surface area (Å²) in [4.78, 5) is 26.1. The number of methoxy groups -OCH3 is 3. The van der Waals surface area contributed by atoms with Crippen LogP contribution in [0.1, 0.15) is 48.4 Å². The standard InChI is InChI=1S/C50H59N9O11S2/c1-35(30-52-50(62)70-34-40-8-6-5-7-9-40)55-71(63,64)45-23-22-44(57-28-25-36(26-29-57)24-27-51-49(60)61)46(48-53-56-59(54-48)33-39-14-20-43(69-4)21-15-39)47(45)72(65,66)58(31-37-10-16-41(67-2)17-11-37)32-38-12-18-42(68-3)19-13-38/h5-23,35-36,51,55H,24-34H2,1-4H3,(H,52,62)(H,60,61). The third-order valence-electron chi connectivity index (χ3n) is 12.1. The van der Waals surface area contributed by atoms with Crippen molar-refractivity contribution in [3.63, 3.8) is 0 Å². The molecule has 382 valence electrons. The van der Waals surface area contributed by atoms with Crippen molar-refractivity contribution in [1.29, 1.82) is 0 Å². The summed E-state index contributed by atoms with van der Waals surface area (Å²) in [5, 5.41) is 27.7. The van der Waals surface area contributed by atoms with Crippen molar-refractivity contribution in [3.8, 4) is 28.6 Å². The maximum absolute atomic E-state index is 16.1. The predicted octanol–water partition coefficient (Wildman–Crippen LogP) is 6.27. The SMILES string of the molecule is COc1ccc(CN(Cc2ccc(OC)cc2)S(=O)(=O)c2c(S(=O)(=O)NC(C)CNC(=O)OCc3ccccc3)ccc(N3CCC(CCNC(=O)O)CC3)c2-c2nnn(Cc3ccc(OC)cc3)n2)cc1. The van der Waals surface area contributed by atoms with E-state index in [1.165, 1.54) is 36.3 Å². The molecule has 0 radical (unpaired) electrons. The molecular weight excluding hydrogens is 967 g/mol. The van der Waals surface area contributed by atoms with E-state index < -0.39 is 48.1 Å². The van der Waals surface area contributed by atoms with Gasteiger partial charge in [0.2, 0.25) is 25.9 Å². The number of carbonyl (C=O) groups is 2. The fraction of sp³-hybridized carbons (Fsp3) is 0.340. The Labute approximate surface area is 419 Å². The Morgan fingerprint density at radius 1 is 0.750 bits per heavy atom. The van der Waals surface area contributed by atoms with E-state index in [1.807, 2.05) is 35.2 Å². The van der Waals surface area contributed by atoms with E-state index in [0.717, 1.165) is 11.1 Å². The number of carbonyl (C=O) groups excluding carboxylic acids is 1. The lowest BCUT2D eigenvalue weighted by Crippen LogP contribution is -2.42. The normalized spacial score (nSPS) is 13.6. The lowest BCUT2D eigenvalue weighted by atomic mass is 9.93. The van der Waals surface area contributed by atoms with Gasteiger partial charge in [0.25, 0.3) is 0 Å². The van der Waals surface area contributed by atoms with Gasteiger partial charge >= 0.3 is 12.2 Å². The van der Waals surface area contributed by atoms with Crippen LogP contribution in [0.5, 0.6) is 17.2 Å². The lowest BCUT2D eigenvalue weighted by Gasteiger charge is -2.35. The zero-order valence-corrected chi connectivity index (χ0v) is 42.1. The highest BCUT2D eigenvalue weighted by molar-refractivity contribution is 7.92. The van der Waals surface area contributed by atoms with Crippen molar-refractivity contribution in [2.75, 3.05) is 52.4 Å². The molecule has 1 aromatic heterocycles. The van der Waals surface area contributed by atoms with E-state index in [9.17, 15) is 14.7 Å². The highest BCUT2D eigenvalue weighted by Gasteiger charge is 2.39. The predicted molar refractivity (Wildman–Crippen MR) is 268 cm³/mol. The fourth-order valence-corrected chi connectivity index (χ4v) is 11.9. The van der Waals surface area contributed by atoms with Crippen LogP contribution in [0.3, 0.4) is 0 Å². The van der Waals surface area contributed by atoms with Crippen LogP contribution in [0.2, 0.25) is 0 Å². The molecule has 22 heteroatoms. The number of nitrogens with zero attached hydrogens (tertiary/aromatic N) is 6. The highest BCUT2D eigenvalue weighted by atomic mass is 32.2. The lowest BCUT2D eigenvalue weighted by molar-refractivity contribution is 0.139. The van der Waals surface area contributed by atoms with Gasteiger partial charge < -0.3 is 39.6 Å². The maximum atomic E-state index is 16.1. The molecule has 0 bridgehead atoms. The van der Waals surface area contributed by atoms with Crippen molar-refractivity contribution in [1.82, 2.24) is 39.9 Å². The Hall–Kier alpha value is -7.27. The third-order valence-corrected chi connectivity index (χ3v) is 15.7. The molecule has 0 aliphatic carbocycles. The number of carboxylic acid groups (broad SMARTS) is 1. The molecule has 2 amide bonds. The van der Waals surface area contributed by atoms with Gasteiger partial charge in [-0.3, -0.25) is 0 Å². The third kappa shape index (κ3) is 13.8. The molecule has 1 aliphatic heterocycles. The molecule has 1 saturated heterocycles. The fourth-order valence-electron chi connectivity index (χ4n) is 8.26. The Morgan fingerprint density at radius 3 is 1.88 bits per heavy atom. The summed E-state index contributed by atoms with van der Waals surface area (Å²) in [7, 11) is -5.10. The number of rotatable bonds is 23. The average molecular weight is 1030 g/mol. The van der Waals surface area contributed by atoms with Crippen LogP contribution in [-0.2, 0) is 51.0 Å². The summed E-state index contributed by atoms with van der Waals surface area (Å²) in [6, 6.07) is 31.9. The van der Waals surface area contributed by atoms with Gasteiger partial charge in [0.05, 0.1) is 33.4 Å². The number of piperidine rings is 1. The molecule has 7 rings (SSSR count). The molecule has 6 aromatic rings. The molecule has 1 fully saturated rings. The Bertz CT molecular complexity index is 2920. The monoisotopic (exact) mass is 1030 g/mol. The number of alkyl carbamates (subject to hydrolysis) is 1. The van der Waals surface area contributed by atoms with Gasteiger partial charge in [0.1, 0.15) is 33.6 Å². The zero-order valence-electron chi connectivity index (χ0n) is 40.4. The van der Waals surface area contributed by atoms with E-state index in [1.54, 1.807) is 86.0 Å². The minimum Gasteiger partial charge on any atom is -0.497 e. The van der Waals surface area contributed by atoms with Crippen LogP contribution in [0.25, 0.3) is 11.4 Å². The van der Waals surface area contributed by atoms with Crippen LogP contribution in [0.4, 0.5) is 15.3 Å². The number of aromatic nitrogens is 4. The van der Waals surface area contributed by atoms with Gasteiger partial charge in [-0.15, -0.1) is 10.2 Å². The first-order valence-electron chi connectivity index (χ1n) is 23.2. The van der Waals surface area contributed by atoms with E-state index in [4.69, 9.17) is 24.0 Å². The van der Waals surface area contributed by atoms with Crippen molar-refractivity contribution in [2.45, 2.75) is 68.3 Å². The molecular formula is C50H59N9O11S2. The zero-order chi connectivity index (χ0) is 51.3. The summed E-state index contributed by atoms with van der Waals surface area (Å²) in [6.07, 6.45) is -0.0377. The molecule has 4 N–H and O–H groups in total. The molecule has 1 aliphatic rings. The quantitative estimate of drug-likeness (QED) is 0.0552. The van der Waals surface area contributed by atoms with Gasteiger partial charge in [0.15, 0.2) is 0 Å². The number of benzene rings is 5. The molecule has 1 atom stereocenters. The highest BCUT2D eigenvalue weighted by Crippen LogP contribution is 2.42. The number of hydrogen-bond acceptors (Lipinski definition) is 14. The number of sulfonamides is 2. The van der Waals surface area contributed by atoms with Crippen LogP contribution < -0.4 is 34.5 Å². The first-order chi connectivity index (χ1) is 34.6. The van der Waals surface area contributed by atoms with E-state index in [2.05, 4.69) is 25.7 Å². The Kier molecular flexibility index (Phi) is 17.7. The van der Waals surface area contributed by atoms with Crippen LogP contribution >= 0.6 is 0 Å². The molecule has 1 unspecified atom stereocenters. The summed E-state index contributed by atoms with van der Waals surface area (Å²) in [5.74, 6) is 1.75. The molecule has 0 spiro atoms. The van der Waals surface area contributed by atoms with Crippen molar-refractivity contribution in [3.05, 3.63) is 138 Å². The number of tetrazole rings is 1. The molecule has 5 aromatic carbocycles. The maximum Gasteiger partial charge on any atom is 0.407 e. The number of hydrogen-bond donors (Lipinski definition) is 4. The topological polar surface area (TPSA) is 246 Å². The van der Waals surface area contributed by atoms with Gasteiger partial charge in [-0.2, -0.15) is 9.10 Å². The second-order valence-electron chi connectivity index (χ2n) is 17.2. The summed E-state index contributed by atoms with van der Waals surface area (Å²) in [6.45, 7) is 2.14. The van der Waals surface area contributed by atoms with Gasteiger partial charge in [-0.1, -0.05) is 66.7 Å². The molecule has 72 heavy (non-hydrogen) atoms. The van der Waals surface area contributed by atoms with Gasteiger partial charge in [-0.25, -0.2) is 31.1 Å². The van der Waals surface area contributed by atoms with Crippen LogP contribution in [0.15, 0.2) is 125 Å². The second kappa shape index (κ2) is 24.2. The van der Waals surface area contributed by atoms with Crippen molar-refractivity contribution in [2.24, 2.45) is 5.92 Å². The number of anilines is 1. The van der Waals surface area contributed by atoms with Gasteiger partial charge in [0, 0.05) is 51.0 Å². The number of ether oxygens (including phenoxy) is 4. The minimum atomic E-state index is -4.93. The second-order valence-corrected chi connectivity index (χ2v) is 20.7. The summed E-state index contributed by atoms with van der Waals surface area (Å²) < 4.78 is 87.5. The van der Waals surface area contributed by atoms with Crippen molar-refractivity contribution >= 4 is 37.9 Å². The number of amides is 2. The Morgan fingerprint density at radius 2 is 1.32 bits per heavy atom. The van der Waals surface area contributed by atoms with E-state index in [0.29, 0.717) is 66.4 Å². The van der Waals surface area contributed by atoms with Crippen molar-refractivity contribution < 1.29 is 50.5 Å². The van der Waals surface area contributed by atoms with Crippen LogP contribution in [-0.4, -0.2) is 112 Å². The minimum absolute atomic E-state index is 0.00890. The number of nitrogens with one attached hydrogen (secondary N) is 3. The summed E-state index contributed by atoms with van der Waals surface area (Å²) >= 11 is 0. The van der Waals surface area contributed by atoms with Gasteiger partial charge in [-0.05, 0) is 108 Å².